The third-order valence-corrected chi connectivity index (χ3v) is 3.29. The molecule has 0 saturated carbocycles. The van der Waals surface area contributed by atoms with E-state index in [9.17, 15) is 4.79 Å². The number of nitrogens with zero attached hydrogens (tertiary/aromatic N) is 1. The number of para-hydroxylation sites is 1. The molecule has 3 nitrogen and oxygen atoms in total. The Hall–Kier alpha value is -2.29. The molecule has 0 heterocycles. The molecule has 0 aromatic heterocycles. The van der Waals surface area contributed by atoms with Gasteiger partial charge < -0.3 is 10.2 Å². The first-order valence-corrected chi connectivity index (χ1v) is 6.96. The minimum Gasteiger partial charge on any atom is -0.372 e. The van der Waals surface area contributed by atoms with Crippen LogP contribution in [0, 0.1) is 0 Å². The van der Waals surface area contributed by atoms with E-state index in [1.165, 1.54) is 0 Å². The lowest BCUT2D eigenvalue weighted by atomic mass is 10.1. The smallest absolute Gasteiger partial charge is 0.255 e. The lowest BCUT2D eigenvalue weighted by Gasteiger charge is -2.21. The molecule has 0 fully saturated rings. The van der Waals surface area contributed by atoms with Crippen molar-refractivity contribution < 1.29 is 4.79 Å². The minimum absolute atomic E-state index is 0.0812. The van der Waals surface area contributed by atoms with Crippen molar-refractivity contribution in [2.75, 3.05) is 23.3 Å². The van der Waals surface area contributed by atoms with Crippen LogP contribution in [0.15, 0.2) is 54.6 Å². The van der Waals surface area contributed by atoms with Gasteiger partial charge in [0, 0.05) is 30.0 Å². The predicted molar refractivity (Wildman–Crippen MR) is 84.4 cm³/mol. The summed E-state index contributed by atoms with van der Waals surface area (Å²) in [4.78, 5) is 14.4. The summed E-state index contributed by atoms with van der Waals surface area (Å²) in [6.45, 7) is 6.18. The number of carbonyl (C=O) groups is 1. The van der Waals surface area contributed by atoms with E-state index < -0.39 is 0 Å². The summed E-state index contributed by atoms with van der Waals surface area (Å²) in [6.07, 6.45) is 0. The molecule has 0 bridgehead atoms. The van der Waals surface area contributed by atoms with Crippen molar-refractivity contribution >= 4 is 17.3 Å². The Morgan fingerprint density at radius 1 is 0.950 bits per heavy atom. The highest BCUT2D eigenvalue weighted by Gasteiger charge is 2.07. The van der Waals surface area contributed by atoms with E-state index in [0.717, 1.165) is 24.5 Å². The Morgan fingerprint density at radius 3 is 2.10 bits per heavy atom. The zero-order valence-electron chi connectivity index (χ0n) is 12.0. The van der Waals surface area contributed by atoms with Gasteiger partial charge in [0.15, 0.2) is 0 Å². The third kappa shape index (κ3) is 3.38. The number of hydrogen-bond donors (Lipinski definition) is 1. The van der Waals surface area contributed by atoms with E-state index in [4.69, 9.17) is 0 Å². The molecule has 0 saturated heterocycles. The Bertz CT molecular complexity index is 545. The Morgan fingerprint density at radius 2 is 1.55 bits per heavy atom. The second-order valence-electron chi connectivity index (χ2n) is 4.54. The highest BCUT2D eigenvalue weighted by molar-refractivity contribution is 6.04. The maximum absolute atomic E-state index is 12.1. The highest BCUT2D eigenvalue weighted by atomic mass is 16.1. The number of hydrogen-bond acceptors (Lipinski definition) is 2. The number of benzene rings is 2. The zero-order valence-corrected chi connectivity index (χ0v) is 12.0. The standard InChI is InChI=1S/C17H20N2O/c1-3-19(4-2)16-12-10-14(11-13-16)17(20)18-15-8-6-5-7-9-15/h5-13H,3-4H2,1-2H3,(H,18,20). The van der Waals surface area contributed by atoms with Crippen LogP contribution in [0.2, 0.25) is 0 Å². The summed E-state index contributed by atoms with van der Waals surface area (Å²) in [5.41, 5.74) is 2.63. The average molecular weight is 268 g/mol. The number of rotatable bonds is 5. The Balaban J connectivity index is 2.08. The lowest BCUT2D eigenvalue weighted by molar-refractivity contribution is 0.102. The van der Waals surface area contributed by atoms with Crippen molar-refractivity contribution in [3.63, 3.8) is 0 Å². The minimum atomic E-state index is -0.0812. The number of anilines is 2. The summed E-state index contributed by atoms with van der Waals surface area (Å²) >= 11 is 0. The van der Waals surface area contributed by atoms with Crippen LogP contribution in [0.1, 0.15) is 24.2 Å². The summed E-state index contributed by atoms with van der Waals surface area (Å²) in [6, 6.07) is 17.2. The van der Waals surface area contributed by atoms with Crippen LogP contribution in [0.5, 0.6) is 0 Å². The number of carbonyl (C=O) groups excluding carboxylic acids is 1. The first-order valence-electron chi connectivity index (χ1n) is 6.96. The van der Waals surface area contributed by atoms with Crippen molar-refractivity contribution in [3.05, 3.63) is 60.2 Å². The van der Waals surface area contributed by atoms with Gasteiger partial charge in [0.25, 0.3) is 5.91 Å². The van der Waals surface area contributed by atoms with Gasteiger partial charge in [0.2, 0.25) is 0 Å². The fraction of sp³-hybridized carbons (Fsp3) is 0.235. The molecule has 2 aromatic rings. The van der Waals surface area contributed by atoms with Crippen molar-refractivity contribution in [1.29, 1.82) is 0 Å². The van der Waals surface area contributed by atoms with Crippen LogP contribution in [-0.4, -0.2) is 19.0 Å². The van der Waals surface area contributed by atoms with Crippen molar-refractivity contribution in [1.82, 2.24) is 0 Å². The van der Waals surface area contributed by atoms with Gasteiger partial charge in [-0.3, -0.25) is 4.79 Å². The monoisotopic (exact) mass is 268 g/mol. The number of nitrogens with one attached hydrogen (secondary N) is 1. The van der Waals surface area contributed by atoms with Crippen molar-refractivity contribution in [2.24, 2.45) is 0 Å². The molecule has 0 spiro atoms. The van der Waals surface area contributed by atoms with E-state index in [-0.39, 0.29) is 5.91 Å². The van der Waals surface area contributed by atoms with E-state index in [0.29, 0.717) is 5.56 Å². The summed E-state index contributed by atoms with van der Waals surface area (Å²) < 4.78 is 0. The first kappa shape index (κ1) is 14.1. The molecular formula is C17H20N2O. The normalized spacial score (nSPS) is 10.1. The van der Waals surface area contributed by atoms with Crippen molar-refractivity contribution in [2.45, 2.75) is 13.8 Å². The van der Waals surface area contributed by atoms with Gasteiger partial charge in [-0.05, 0) is 50.2 Å². The molecule has 0 radical (unpaired) electrons. The summed E-state index contributed by atoms with van der Waals surface area (Å²) in [5, 5.41) is 2.88. The first-order chi connectivity index (χ1) is 9.74. The highest BCUT2D eigenvalue weighted by Crippen LogP contribution is 2.16. The van der Waals surface area contributed by atoms with E-state index in [2.05, 4.69) is 24.1 Å². The lowest BCUT2D eigenvalue weighted by Crippen LogP contribution is -2.21. The fourth-order valence-corrected chi connectivity index (χ4v) is 2.14. The van der Waals surface area contributed by atoms with E-state index in [1.54, 1.807) is 0 Å². The molecule has 0 atom stereocenters. The van der Waals surface area contributed by atoms with Crippen LogP contribution in [0.25, 0.3) is 0 Å². The molecule has 0 unspecified atom stereocenters. The SMILES string of the molecule is CCN(CC)c1ccc(C(=O)Nc2ccccc2)cc1. The van der Waals surface area contributed by atoms with Crippen LogP contribution < -0.4 is 10.2 Å². The summed E-state index contributed by atoms with van der Waals surface area (Å²) in [7, 11) is 0. The van der Waals surface area contributed by atoms with Gasteiger partial charge in [0.1, 0.15) is 0 Å². The third-order valence-electron chi connectivity index (χ3n) is 3.29. The Kier molecular flexibility index (Phi) is 4.77. The molecule has 0 aliphatic rings. The van der Waals surface area contributed by atoms with Gasteiger partial charge >= 0.3 is 0 Å². The zero-order chi connectivity index (χ0) is 14.4. The topological polar surface area (TPSA) is 32.3 Å². The number of amides is 1. The van der Waals surface area contributed by atoms with Crippen LogP contribution in [0.3, 0.4) is 0 Å². The maximum Gasteiger partial charge on any atom is 0.255 e. The molecular weight excluding hydrogens is 248 g/mol. The van der Waals surface area contributed by atoms with Crippen LogP contribution in [-0.2, 0) is 0 Å². The van der Waals surface area contributed by atoms with Gasteiger partial charge in [0.05, 0.1) is 0 Å². The average Bonchev–Trinajstić information content (AvgIpc) is 2.50. The second kappa shape index (κ2) is 6.75. The van der Waals surface area contributed by atoms with Gasteiger partial charge in [-0.2, -0.15) is 0 Å². The predicted octanol–water partition coefficient (Wildman–Crippen LogP) is 3.79. The van der Waals surface area contributed by atoms with Crippen molar-refractivity contribution in [3.8, 4) is 0 Å². The molecule has 20 heavy (non-hydrogen) atoms. The molecule has 104 valence electrons. The van der Waals surface area contributed by atoms with Crippen LogP contribution >= 0.6 is 0 Å². The molecule has 2 rings (SSSR count). The Labute approximate surface area is 120 Å². The molecule has 1 amide bonds. The molecule has 2 aromatic carbocycles. The van der Waals surface area contributed by atoms with E-state index >= 15 is 0 Å². The van der Waals surface area contributed by atoms with Crippen LogP contribution in [0.4, 0.5) is 11.4 Å². The molecule has 0 aliphatic heterocycles. The van der Waals surface area contributed by atoms with Gasteiger partial charge in [-0.25, -0.2) is 0 Å². The van der Waals surface area contributed by atoms with E-state index in [1.807, 2.05) is 54.6 Å². The van der Waals surface area contributed by atoms with Gasteiger partial charge in [-0.15, -0.1) is 0 Å². The molecule has 0 aliphatic carbocycles. The second-order valence-corrected chi connectivity index (χ2v) is 4.54. The largest absolute Gasteiger partial charge is 0.372 e. The fourth-order valence-electron chi connectivity index (χ4n) is 2.14. The molecule has 1 N–H and O–H groups in total. The quantitative estimate of drug-likeness (QED) is 0.895. The van der Waals surface area contributed by atoms with Gasteiger partial charge in [-0.1, -0.05) is 18.2 Å². The summed E-state index contributed by atoms with van der Waals surface area (Å²) in [5.74, 6) is -0.0812. The maximum atomic E-state index is 12.1. The molecule has 3 heteroatoms.